The third kappa shape index (κ3) is 4.84. The van der Waals surface area contributed by atoms with Crippen molar-refractivity contribution in [3.63, 3.8) is 0 Å². The summed E-state index contributed by atoms with van der Waals surface area (Å²) in [7, 11) is 0. The molecule has 1 N–H and O–H groups in total. The maximum atomic E-state index is 12.8. The maximum absolute atomic E-state index is 12.8. The molecule has 0 spiro atoms. The topological polar surface area (TPSA) is 15.3 Å². The maximum Gasteiger partial charge on any atom is 0.416 e. The number of hydrogen-bond donors (Lipinski definition) is 1. The summed E-state index contributed by atoms with van der Waals surface area (Å²) < 4.78 is 38.4. The fraction of sp³-hybridized carbons (Fsp3) is 0.500. The molecule has 2 fully saturated rings. The van der Waals surface area contributed by atoms with Crippen LogP contribution >= 0.6 is 0 Å². The van der Waals surface area contributed by atoms with Crippen LogP contribution < -0.4 is 5.32 Å². The van der Waals surface area contributed by atoms with Crippen molar-refractivity contribution in [1.82, 2.24) is 10.2 Å². The molecule has 1 heterocycles. The first kappa shape index (κ1) is 20.4. The molecule has 2 aromatic rings. The van der Waals surface area contributed by atoms with E-state index in [1.54, 1.807) is 12.1 Å². The summed E-state index contributed by atoms with van der Waals surface area (Å²) in [5, 5.41) is 3.45. The lowest BCUT2D eigenvalue weighted by molar-refractivity contribution is -0.137. The largest absolute Gasteiger partial charge is 0.416 e. The number of alkyl halides is 3. The second-order valence-corrected chi connectivity index (χ2v) is 8.33. The third-order valence-electron chi connectivity index (χ3n) is 6.44. The van der Waals surface area contributed by atoms with Crippen LogP contribution in [0.25, 0.3) is 11.1 Å². The zero-order valence-electron chi connectivity index (χ0n) is 16.7. The Labute approximate surface area is 171 Å². The number of nitrogens with one attached hydrogen (secondary N) is 1. The number of rotatable bonds is 4. The number of benzene rings is 2. The zero-order chi connectivity index (χ0) is 20.3. The van der Waals surface area contributed by atoms with Crippen molar-refractivity contribution in [2.45, 2.75) is 44.3 Å². The Morgan fingerprint density at radius 2 is 1.34 bits per heavy atom. The molecule has 156 valence electrons. The minimum Gasteiger partial charge on any atom is -0.314 e. The first-order valence-corrected chi connectivity index (χ1v) is 10.7. The molecule has 0 radical (unpaired) electrons. The van der Waals surface area contributed by atoms with Gasteiger partial charge >= 0.3 is 6.18 Å². The van der Waals surface area contributed by atoms with Gasteiger partial charge in [-0.2, -0.15) is 13.2 Å². The summed E-state index contributed by atoms with van der Waals surface area (Å²) in [5.41, 5.74) is 2.52. The van der Waals surface area contributed by atoms with Crippen LogP contribution in [0.1, 0.15) is 49.3 Å². The summed E-state index contributed by atoms with van der Waals surface area (Å²) in [6, 6.07) is 14.4. The fourth-order valence-corrected chi connectivity index (χ4v) is 4.92. The van der Waals surface area contributed by atoms with Crippen molar-refractivity contribution >= 4 is 0 Å². The van der Waals surface area contributed by atoms with Crippen LogP contribution in [0.3, 0.4) is 0 Å². The molecule has 0 aromatic heterocycles. The van der Waals surface area contributed by atoms with Crippen LogP contribution in [0.15, 0.2) is 48.5 Å². The van der Waals surface area contributed by atoms with Crippen molar-refractivity contribution < 1.29 is 13.2 Å². The van der Waals surface area contributed by atoms with Gasteiger partial charge in [0, 0.05) is 32.2 Å². The molecule has 1 aliphatic heterocycles. The monoisotopic (exact) mass is 402 g/mol. The van der Waals surface area contributed by atoms with Crippen molar-refractivity contribution in [2.24, 2.45) is 5.92 Å². The Kier molecular flexibility index (Phi) is 6.26. The number of halogens is 3. The van der Waals surface area contributed by atoms with Gasteiger partial charge in [-0.05, 0) is 47.6 Å². The Hall–Kier alpha value is -1.85. The molecule has 0 amide bonds. The van der Waals surface area contributed by atoms with Crippen LogP contribution in [0.2, 0.25) is 0 Å². The van der Waals surface area contributed by atoms with Gasteiger partial charge < -0.3 is 5.32 Å². The van der Waals surface area contributed by atoms with E-state index in [0.717, 1.165) is 49.4 Å². The number of hydrogen-bond acceptors (Lipinski definition) is 2. The summed E-state index contributed by atoms with van der Waals surface area (Å²) in [6.45, 7) is 4.21. The third-order valence-corrected chi connectivity index (χ3v) is 6.44. The zero-order valence-corrected chi connectivity index (χ0v) is 16.7. The van der Waals surface area contributed by atoms with Crippen molar-refractivity contribution in [3.05, 3.63) is 59.7 Å². The molecule has 0 unspecified atom stereocenters. The van der Waals surface area contributed by atoms with E-state index in [2.05, 4.69) is 34.5 Å². The van der Waals surface area contributed by atoms with E-state index in [1.165, 1.54) is 37.7 Å². The highest BCUT2D eigenvalue weighted by Crippen LogP contribution is 2.39. The lowest BCUT2D eigenvalue weighted by Gasteiger charge is -2.41. The smallest absolute Gasteiger partial charge is 0.314 e. The van der Waals surface area contributed by atoms with Crippen LogP contribution in [0, 0.1) is 5.92 Å². The molecule has 1 atom stereocenters. The quantitative estimate of drug-likeness (QED) is 0.685. The predicted molar refractivity (Wildman–Crippen MR) is 111 cm³/mol. The van der Waals surface area contributed by atoms with E-state index in [-0.39, 0.29) is 0 Å². The molecular formula is C24H29F3N2. The molecule has 1 saturated heterocycles. The van der Waals surface area contributed by atoms with E-state index < -0.39 is 11.7 Å². The number of piperazine rings is 1. The summed E-state index contributed by atoms with van der Waals surface area (Å²) >= 11 is 0. The van der Waals surface area contributed by atoms with Gasteiger partial charge in [0.1, 0.15) is 0 Å². The molecule has 4 rings (SSSR count). The lowest BCUT2D eigenvalue weighted by Crippen LogP contribution is -2.47. The van der Waals surface area contributed by atoms with Gasteiger partial charge in [0.2, 0.25) is 0 Å². The fourth-order valence-electron chi connectivity index (χ4n) is 4.92. The van der Waals surface area contributed by atoms with Gasteiger partial charge in [-0.15, -0.1) is 0 Å². The van der Waals surface area contributed by atoms with Crippen LogP contribution in [-0.2, 0) is 6.18 Å². The molecule has 29 heavy (non-hydrogen) atoms. The van der Waals surface area contributed by atoms with E-state index in [0.29, 0.717) is 12.0 Å². The normalized spacial score (nSPS) is 20.5. The van der Waals surface area contributed by atoms with E-state index >= 15 is 0 Å². The Balaban J connectivity index is 1.56. The van der Waals surface area contributed by atoms with E-state index in [1.807, 2.05) is 0 Å². The van der Waals surface area contributed by atoms with Gasteiger partial charge in [0.25, 0.3) is 0 Å². The molecular weight excluding hydrogens is 373 g/mol. The van der Waals surface area contributed by atoms with Crippen LogP contribution in [0.5, 0.6) is 0 Å². The van der Waals surface area contributed by atoms with Crippen molar-refractivity contribution in [2.75, 3.05) is 26.2 Å². The summed E-state index contributed by atoms with van der Waals surface area (Å²) in [5.74, 6) is 0.693. The second-order valence-electron chi connectivity index (χ2n) is 8.33. The molecule has 5 heteroatoms. The van der Waals surface area contributed by atoms with Crippen LogP contribution in [-0.4, -0.2) is 31.1 Å². The highest BCUT2D eigenvalue weighted by Gasteiger charge is 2.31. The Morgan fingerprint density at radius 1 is 0.793 bits per heavy atom. The van der Waals surface area contributed by atoms with Gasteiger partial charge in [-0.1, -0.05) is 55.7 Å². The van der Waals surface area contributed by atoms with Crippen molar-refractivity contribution in [3.8, 4) is 11.1 Å². The Morgan fingerprint density at radius 3 is 1.90 bits per heavy atom. The standard InChI is InChI=1S/C24H29F3N2/c25-24(26,27)22-12-10-19(11-13-22)18-6-8-21(9-7-18)23(20-4-2-1-3-5-20)29-16-14-28-15-17-29/h6-13,20,23,28H,1-5,14-17H2/t23-/m1/s1. The molecule has 2 aliphatic rings. The SMILES string of the molecule is FC(F)(F)c1ccc(-c2ccc([C@@H](C3CCCCC3)N3CCNCC3)cc2)cc1. The lowest BCUT2D eigenvalue weighted by atomic mass is 9.80. The van der Waals surface area contributed by atoms with Crippen molar-refractivity contribution in [1.29, 1.82) is 0 Å². The molecule has 1 aliphatic carbocycles. The van der Waals surface area contributed by atoms with Gasteiger partial charge in [0.05, 0.1) is 5.56 Å². The average molecular weight is 403 g/mol. The summed E-state index contributed by atoms with van der Waals surface area (Å²) in [4.78, 5) is 2.62. The molecule has 0 bridgehead atoms. The molecule has 1 saturated carbocycles. The van der Waals surface area contributed by atoms with E-state index in [9.17, 15) is 13.2 Å². The van der Waals surface area contributed by atoms with Gasteiger partial charge in [0.15, 0.2) is 0 Å². The second kappa shape index (κ2) is 8.88. The summed E-state index contributed by atoms with van der Waals surface area (Å²) in [6.07, 6.45) is 2.26. The first-order chi connectivity index (χ1) is 14.0. The Bertz CT molecular complexity index is 753. The molecule has 2 aromatic carbocycles. The minimum absolute atomic E-state index is 0.444. The first-order valence-electron chi connectivity index (χ1n) is 10.7. The van der Waals surface area contributed by atoms with E-state index in [4.69, 9.17) is 0 Å². The highest BCUT2D eigenvalue weighted by molar-refractivity contribution is 5.64. The average Bonchev–Trinajstić information content (AvgIpc) is 2.76. The number of nitrogens with zero attached hydrogens (tertiary/aromatic N) is 1. The van der Waals surface area contributed by atoms with Crippen LogP contribution in [0.4, 0.5) is 13.2 Å². The molecule has 2 nitrogen and oxygen atoms in total. The van der Waals surface area contributed by atoms with Gasteiger partial charge in [-0.25, -0.2) is 0 Å². The predicted octanol–water partition coefficient (Wildman–Crippen LogP) is 5.90. The minimum atomic E-state index is -4.29. The van der Waals surface area contributed by atoms with Gasteiger partial charge in [-0.3, -0.25) is 4.90 Å². The highest BCUT2D eigenvalue weighted by atomic mass is 19.4.